The third-order valence-corrected chi connectivity index (χ3v) is 5.05. The molecule has 2 aromatic rings. The maximum atomic E-state index is 11.4. The molecule has 0 aliphatic heterocycles. The Kier molecular flexibility index (Phi) is 21.3. The minimum Gasteiger partial charge on any atom is -0.508 e. The second-order valence-electron chi connectivity index (χ2n) is 8.92. The fraction of sp³-hybridized carbons (Fsp3) is 0.333. The first-order valence-electron chi connectivity index (χ1n) is 12.7. The molecule has 1 amide bonds. The van der Waals surface area contributed by atoms with Crippen LogP contribution < -0.4 is 15.8 Å². The van der Waals surface area contributed by atoms with E-state index in [9.17, 15) is 38.9 Å². The van der Waals surface area contributed by atoms with Gasteiger partial charge in [-0.15, -0.1) is 11.6 Å². The second kappa shape index (κ2) is 23.0. The standard InChI is InChI=1S/C11H12N2O5.C8H8O4.C6H11NO4.C2H3ClO2/c14-10(2-1-3-11(15)16)12-8-4-6-9(7-5-8)13(17)18;9-6-1-3-7(4-2-6)12-5-8(10)11;1-6(7,5(10)11)3-2-4(8)9;3-1-2(4)5/h4-7H,1-3H2,(H,12,14)(H,15,16);1-4,9H,5H2,(H,10,11);2-3,7H2,1H3,(H,8,9)(H,10,11);1H2,(H,4,5)/t;;6-;/m..0./s1. The average Bonchev–Trinajstić information content (AvgIpc) is 2.97. The number of aliphatic carboxylic acids is 5. The number of anilines is 1. The summed E-state index contributed by atoms with van der Waals surface area (Å²) in [5.41, 5.74) is 4.20. The van der Waals surface area contributed by atoms with Gasteiger partial charge in [-0.05, 0) is 56.2 Å². The number of rotatable bonds is 14. The highest BCUT2D eigenvalue weighted by Gasteiger charge is 2.28. The number of nitro benzene ring substituents is 1. The molecule has 0 aromatic heterocycles. The summed E-state index contributed by atoms with van der Waals surface area (Å²) in [6.45, 7) is 0.920. The van der Waals surface area contributed by atoms with Crippen molar-refractivity contribution in [3.63, 3.8) is 0 Å². The number of carboxylic acid groups (broad SMARTS) is 5. The van der Waals surface area contributed by atoms with Gasteiger partial charge in [0.05, 0.1) is 4.92 Å². The molecule has 2 rings (SSSR count). The number of alkyl halides is 1. The van der Waals surface area contributed by atoms with Gasteiger partial charge in [0.1, 0.15) is 22.9 Å². The van der Waals surface area contributed by atoms with E-state index in [1.165, 1.54) is 55.5 Å². The molecule has 0 saturated heterocycles. The van der Waals surface area contributed by atoms with E-state index in [-0.39, 0.29) is 61.9 Å². The maximum absolute atomic E-state index is 11.4. The minimum atomic E-state index is -1.43. The van der Waals surface area contributed by atoms with Crippen molar-refractivity contribution >= 4 is 58.7 Å². The van der Waals surface area contributed by atoms with E-state index in [4.69, 9.17) is 52.7 Å². The highest BCUT2D eigenvalue weighted by atomic mass is 35.5. The summed E-state index contributed by atoms with van der Waals surface area (Å²) in [5.74, 6) is -5.24. The Labute approximate surface area is 266 Å². The molecule has 0 saturated carbocycles. The first-order chi connectivity index (χ1) is 21.3. The zero-order valence-corrected chi connectivity index (χ0v) is 25.1. The molecule has 0 radical (unpaired) electrons. The first kappa shape index (κ1) is 42.6. The van der Waals surface area contributed by atoms with Gasteiger partial charge in [0.25, 0.3) is 5.69 Å². The van der Waals surface area contributed by atoms with Gasteiger partial charge in [-0.25, -0.2) is 4.79 Å². The number of non-ortho nitro benzene ring substituents is 1. The Morgan fingerprint density at radius 1 is 0.848 bits per heavy atom. The van der Waals surface area contributed by atoms with E-state index in [1.807, 2.05) is 0 Å². The van der Waals surface area contributed by atoms with Crippen LogP contribution in [0.4, 0.5) is 11.4 Å². The highest BCUT2D eigenvalue weighted by molar-refractivity contribution is 6.26. The molecule has 19 heteroatoms. The number of halogens is 1. The van der Waals surface area contributed by atoms with Crippen molar-refractivity contribution in [1.29, 1.82) is 0 Å². The van der Waals surface area contributed by atoms with Crippen molar-refractivity contribution in [3.8, 4) is 11.5 Å². The molecule has 2 aromatic carbocycles. The van der Waals surface area contributed by atoms with Crippen molar-refractivity contribution in [1.82, 2.24) is 0 Å². The Morgan fingerprint density at radius 3 is 1.74 bits per heavy atom. The predicted molar refractivity (Wildman–Crippen MR) is 160 cm³/mol. The van der Waals surface area contributed by atoms with Gasteiger partial charge in [0.2, 0.25) is 5.91 Å². The summed E-state index contributed by atoms with van der Waals surface area (Å²) < 4.78 is 4.81. The number of nitrogens with zero attached hydrogens (tertiary/aromatic N) is 1. The topological polar surface area (TPSA) is 314 Å². The summed E-state index contributed by atoms with van der Waals surface area (Å²) in [7, 11) is 0. The van der Waals surface area contributed by atoms with Crippen LogP contribution >= 0.6 is 11.6 Å². The van der Waals surface area contributed by atoms with Crippen LogP contribution in [0.2, 0.25) is 0 Å². The first-order valence-corrected chi connectivity index (χ1v) is 13.3. The number of hydrogen-bond donors (Lipinski definition) is 8. The third-order valence-electron chi connectivity index (χ3n) is 4.82. The van der Waals surface area contributed by atoms with Gasteiger partial charge in [-0.2, -0.15) is 0 Å². The molecular formula is C27H34ClN3O15. The van der Waals surface area contributed by atoms with Crippen molar-refractivity contribution < 1.29 is 69.1 Å². The van der Waals surface area contributed by atoms with E-state index in [0.717, 1.165) is 0 Å². The second-order valence-corrected chi connectivity index (χ2v) is 9.19. The van der Waals surface area contributed by atoms with Crippen LogP contribution in [0.15, 0.2) is 48.5 Å². The molecule has 0 aliphatic carbocycles. The van der Waals surface area contributed by atoms with Gasteiger partial charge in [0, 0.05) is 37.1 Å². The van der Waals surface area contributed by atoms with Gasteiger partial charge in [0.15, 0.2) is 6.61 Å². The number of carbonyl (C=O) groups is 6. The van der Waals surface area contributed by atoms with E-state index >= 15 is 0 Å². The fourth-order valence-electron chi connectivity index (χ4n) is 2.45. The number of benzene rings is 2. The minimum absolute atomic E-state index is 0.0566. The summed E-state index contributed by atoms with van der Waals surface area (Å²) in [6.07, 6.45) is 0.0160. The number of phenols is 1. The molecule has 18 nitrogen and oxygen atoms in total. The molecule has 1 atom stereocenters. The van der Waals surface area contributed by atoms with Crippen LogP contribution in [0.25, 0.3) is 0 Å². The Bertz CT molecular complexity index is 1300. The monoisotopic (exact) mass is 675 g/mol. The number of phenolic OH excluding ortho intramolecular Hbond substituents is 1. The Morgan fingerprint density at radius 2 is 1.35 bits per heavy atom. The zero-order chi connectivity index (χ0) is 35.9. The number of ether oxygens (including phenoxy) is 1. The number of nitrogens with two attached hydrogens (primary N) is 1. The van der Waals surface area contributed by atoms with Crippen LogP contribution in [0.1, 0.15) is 39.0 Å². The molecular weight excluding hydrogens is 642 g/mol. The van der Waals surface area contributed by atoms with Crippen LogP contribution in [0.5, 0.6) is 11.5 Å². The van der Waals surface area contributed by atoms with Crippen molar-refractivity contribution in [2.75, 3.05) is 17.8 Å². The number of carbonyl (C=O) groups excluding carboxylic acids is 1. The van der Waals surface area contributed by atoms with Crippen LogP contribution in [-0.2, 0) is 28.8 Å². The smallest absolute Gasteiger partial charge is 0.341 e. The molecule has 0 bridgehead atoms. The lowest BCUT2D eigenvalue weighted by atomic mass is 9.98. The summed E-state index contributed by atoms with van der Waals surface area (Å²) in [5, 5.41) is 62.7. The normalized spacial score (nSPS) is 10.8. The van der Waals surface area contributed by atoms with Crippen molar-refractivity contribution in [3.05, 3.63) is 58.6 Å². The number of hydrogen-bond acceptors (Lipinski definition) is 11. The van der Waals surface area contributed by atoms with Gasteiger partial charge < -0.3 is 46.4 Å². The van der Waals surface area contributed by atoms with E-state index in [0.29, 0.717) is 11.4 Å². The molecule has 254 valence electrons. The number of nitrogens with one attached hydrogen (secondary N) is 1. The lowest BCUT2D eigenvalue weighted by Gasteiger charge is -2.16. The molecule has 0 aliphatic rings. The maximum Gasteiger partial charge on any atom is 0.341 e. The molecule has 0 fully saturated rings. The Balaban J connectivity index is 0. The predicted octanol–water partition coefficient (Wildman–Crippen LogP) is 2.61. The van der Waals surface area contributed by atoms with Gasteiger partial charge >= 0.3 is 29.8 Å². The summed E-state index contributed by atoms with van der Waals surface area (Å²) in [4.78, 5) is 71.1. The van der Waals surface area contributed by atoms with Crippen molar-refractivity contribution in [2.45, 2.75) is 44.6 Å². The summed E-state index contributed by atoms with van der Waals surface area (Å²) >= 11 is 4.74. The van der Waals surface area contributed by atoms with Gasteiger partial charge in [-0.1, -0.05) is 0 Å². The average molecular weight is 676 g/mol. The number of amides is 1. The third kappa shape index (κ3) is 24.0. The number of carboxylic acids is 5. The van der Waals surface area contributed by atoms with Gasteiger partial charge in [-0.3, -0.25) is 34.1 Å². The number of nitro groups is 1. The lowest BCUT2D eigenvalue weighted by molar-refractivity contribution is -0.384. The zero-order valence-electron chi connectivity index (χ0n) is 24.3. The van der Waals surface area contributed by atoms with Crippen LogP contribution in [0, 0.1) is 10.1 Å². The van der Waals surface area contributed by atoms with E-state index in [2.05, 4.69) is 5.32 Å². The molecule has 46 heavy (non-hydrogen) atoms. The SMILES string of the molecule is C[C@](N)(CCC(=O)O)C(=O)O.O=C(O)CCCC(=O)Nc1ccc([N+](=O)[O-])cc1.O=C(O)CCl.O=C(O)COc1ccc(O)cc1. The van der Waals surface area contributed by atoms with Crippen molar-refractivity contribution in [2.24, 2.45) is 5.73 Å². The molecule has 9 N–H and O–H groups in total. The number of aromatic hydroxyl groups is 1. The molecule has 0 unspecified atom stereocenters. The summed E-state index contributed by atoms with van der Waals surface area (Å²) in [6, 6.07) is 11.3. The lowest BCUT2D eigenvalue weighted by Crippen LogP contribution is -2.45. The highest BCUT2D eigenvalue weighted by Crippen LogP contribution is 2.16. The fourth-order valence-corrected chi connectivity index (χ4v) is 2.45. The Hall–Kier alpha value is -5.49. The molecule has 0 heterocycles. The van der Waals surface area contributed by atoms with E-state index < -0.39 is 40.3 Å². The molecule has 0 spiro atoms. The quantitative estimate of drug-likeness (QED) is 0.0810. The van der Waals surface area contributed by atoms with Crippen LogP contribution in [0.3, 0.4) is 0 Å². The largest absolute Gasteiger partial charge is 0.508 e. The van der Waals surface area contributed by atoms with Crippen LogP contribution in [-0.4, -0.2) is 89.3 Å². The van der Waals surface area contributed by atoms with E-state index in [1.54, 1.807) is 0 Å².